The van der Waals surface area contributed by atoms with Gasteiger partial charge in [-0.15, -0.1) is 0 Å². The highest BCUT2D eigenvalue weighted by atomic mass is 35.5. The van der Waals surface area contributed by atoms with Crippen molar-refractivity contribution in [2.45, 2.75) is 179 Å². The van der Waals surface area contributed by atoms with Gasteiger partial charge in [-0.1, -0.05) is 140 Å². The zero-order valence-electron chi connectivity index (χ0n) is 39.3. The van der Waals surface area contributed by atoms with Gasteiger partial charge in [0.05, 0.1) is 54.9 Å². The second-order valence-electron chi connectivity index (χ2n) is 18.5. The van der Waals surface area contributed by atoms with Crippen molar-refractivity contribution in [3.05, 3.63) is 88.6 Å². The first-order valence-corrected chi connectivity index (χ1v) is 25.9. The molecule has 6 rings (SSSR count). The molecule has 2 saturated heterocycles. The molecular weight excluding hydrogens is 884 g/mol. The molecule has 1 unspecified atom stereocenters. The van der Waals surface area contributed by atoms with Gasteiger partial charge in [0.2, 0.25) is 0 Å². The summed E-state index contributed by atoms with van der Waals surface area (Å²) in [4.78, 5) is 4.12. The van der Waals surface area contributed by atoms with Crippen LogP contribution in [0.3, 0.4) is 0 Å². The lowest BCUT2D eigenvalue weighted by Crippen LogP contribution is -2.48. The highest BCUT2D eigenvalue weighted by Gasteiger charge is 2.68. The lowest BCUT2D eigenvalue weighted by atomic mass is 9.86. The van der Waals surface area contributed by atoms with E-state index in [0.29, 0.717) is 29.0 Å². The average Bonchev–Trinajstić information content (AvgIpc) is 3.94. The average molecular weight is 955 g/mol. The number of hydrogen-bond donors (Lipinski definition) is 1. The third kappa shape index (κ3) is 14.2. The third-order valence-corrected chi connectivity index (χ3v) is 14.2. The summed E-state index contributed by atoms with van der Waals surface area (Å²) in [5, 5.41) is 14.1. The van der Waals surface area contributed by atoms with Gasteiger partial charge in [0, 0.05) is 0 Å². The van der Waals surface area contributed by atoms with Crippen LogP contribution in [0.1, 0.15) is 160 Å². The maximum absolute atomic E-state index is 14.9. The number of anilines is 1. The van der Waals surface area contributed by atoms with E-state index in [-0.39, 0.29) is 42.8 Å². The number of nitrogen functional groups attached to an aromatic ring is 1. The van der Waals surface area contributed by atoms with E-state index in [9.17, 15) is 14.2 Å². The molecule has 4 aromatic rings. The maximum atomic E-state index is 14.9. The summed E-state index contributed by atoms with van der Waals surface area (Å²) >= 11 is 6.51. The maximum Gasteiger partial charge on any atom is 0.530 e. The fourth-order valence-electron chi connectivity index (χ4n) is 9.05. The minimum Gasteiger partial charge on any atom is -0.402 e. The van der Waals surface area contributed by atoms with E-state index in [2.05, 4.69) is 17.0 Å². The van der Waals surface area contributed by atoms with E-state index < -0.39 is 42.8 Å². The second-order valence-corrected chi connectivity index (χ2v) is 20.5. The molecule has 0 aliphatic carbocycles. The Morgan fingerprint density at radius 2 is 1.58 bits per heavy atom. The number of fused-ring (bicyclic) bond motifs is 2. The SMILES string of the molecule is CCCCCCCCCCCCCCCCCCC[C@H](COP(=O)(OC[C@@]1(C)OC[C@@]2(c3ccc4c(N)ncnn34)OC(C)(C)O[C@H]12)Oc1ccccc1Cl)OCc1cc(F)cc(C#N)c1. The van der Waals surface area contributed by atoms with E-state index in [1.54, 1.807) is 41.8 Å². The van der Waals surface area contributed by atoms with Crippen LogP contribution >= 0.6 is 19.4 Å². The summed E-state index contributed by atoms with van der Waals surface area (Å²) < 4.78 is 75.3. The number of ether oxygens (including phenoxy) is 4. The number of para-hydroxylation sites is 1. The van der Waals surface area contributed by atoms with Gasteiger partial charge in [-0.3, -0.25) is 9.05 Å². The Morgan fingerprint density at radius 1 is 0.924 bits per heavy atom. The van der Waals surface area contributed by atoms with E-state index in [1.165, 1.54) is 102 Å². The molecule has 0 amide bonds. The Bertz CT molecular complexity index is 2240. The molecule has 13 nitrogen and oxygen atoms in total. The van der Waals surface area contributed by atoms with Gasteiger partial charge in [-0.2, -0.15) is 10.4 Å². The quantitative estimate of drug-likeness (QED) is 0.0389. The molecule has 2 aromatic heterocycles. The van der Waals surface area contributed by atoms with Crippen LogP contribution in [-0.2, 0) is 44.8 Å². The van der Waals surface area contributed by atoms with Gasteiger partial charge in [0.1, 0.15) is 35.1 Å². The number of nitrogens with two attached hydrogens (primary N) is 1. The minimum atomic E-state index is -4.49. The molecule has 2 fully saturated rings. The first-order valence-electron chi connectivity index (χ1n) is 24.0. The highest BCUT2D eigenvalue weighted by Crippen LogP contribution is 2.57. The zero-order chi connectivity index (χ0) is 47.0. The summed E-state index contributed by atoms with van der Waals surface area (Å²) in [6.07, 6.45) is 21.9. The Morgan fingerprint density at radius 3 is 2.23 bits per heavy atom. The molecule has 2 aliphatic rings. The smallest absolute Gasteiger partial charge is 0.402 e. The number of aromatic nitrogens is 3. The Hall–Kier alpha value is -3.64. The van der Waals surface area contributed by atoms with Crippen LogP contribution in [0.25, 0.3) is 5.52 Å². The van der Waals surface area contributed by atoms with Gasteiger partial charge in [0.25, 0.3) is 0 Å². The molecule has 4 heterocycles. The zero-order valence-corrected chi connectivity index (χ0v) is 41.0. The molecule has 0 bridgehead atoms. The highest BCUT2D eigenvalue weighted by molar-refractivity contribution is 7.49. The second kappa shape index (κ2) is 24.6. The third-order valence-electron chi connectivity index (χ3n) is 12.5. The van der Waals surface area contributed by atoms with Gasteiger partial charge in [0.15, 0.2) is 17.2 Å². The molecule has 0 radical (unpaired) electrons. The first kappa shape index (κ1) is 51.7. The molecule has 2 aromatic carbocycles. The van der Waals surface area contributed by atoms with Crippen molar-refractivity contribution < 1.29 is 41.5 Å². The Kier molecular flexibility index (Phi) is 19.3. The van der Waals surface area contributed by atoms with Crippen LogP contribution in [0.15, 0.2) is 60.9 Å². The molecule has 0 saturated carbocycles. The summed E-state index contributed by atoms with van der Waals surface area (Å²) in [6, 6.07) is 16.4. The minimum absolute atomic E-state index is 0.00371. The van der Waals surface area contributed by atoms with Crippen molar-refractivity contribution in [3.63, 3.8) is 0 Å². The van der Waals surface area contributed by atoms with Gasteiger partial charge < -0.3 is 29.2 Å². The predicted octanol–water partition coefficient (Wildman–Crippen LogP) is 13.0. The van der Waals surface area contributed by atoms with Gasteiger partial charge in [-0.05, 0) is 75.2 Å². The van der Waals surface area contributed by atoms with E-state index in [1.807, 2.05) is 32.0 Å². The van der Waals surface area contributed by atoms with Crippen LogP contribution < -0.4 is 10.3 Å². The fraction of sp³-hybridized carbons (Fsp3) is 0.620. The van der Waals surface area contributed by atoms with Crippen LogP contribution in [0.4, 0.5) is 10.2 Å². The van der Waals surface area contributed by atoms with Gasteiger partial charge >= 0.3 is 7.82 Å². The van der Waals surface area contributed by atoms with E-state index >= 15 is 0 Å². The van der Waals surface area contributed by atoms with Crippen LogP contribution in [0.2, 0.25) is 5.02 Å². The van der Waals surface area contributed by atoms with Crippen molar-refractivity contribution in [2.75, 3.05) is 25.6 Å². The number of phosphoric acid groups is 1. The molecule has 5 atom stereocenters. The summed E-state index contributed by atoms with van der Waals surface area (Å²) in [5.41, 5.74) is 5.71. The molecule has 16 heteroatoms. The lowest BCUT2D eigenvalue weighted by molar-refractivity contribution is -0.208. The largest absolute Gasteiger partial charge is 0.530 e. The van der Waals surface area contributed by atoms with E-state index in [4.69, 9.17) is 49.9 Å². The Balaban J connectivity index is 1.07. The van der Waals surface area contributed by atoms with Crippen LogP contribution in [0.5, 0.6) is 5.75 Å². The van der Waals surface area contributed by atoms with Crippen LogP contribution in [0, 0.1) is 17.1 Å². The van der Waals surface area contributed by atoms with Crippen molar-refractivity contribution >= 4 is 30.8 Å². The number of halogens is 2. The number of rotatable bonds is 30. The van der Waals surface area contributed by atoms with Gasteiger partial charge in [-0.25, -0.2) is 18.5 Å². The van der Waals surface area contributed by atoms with Crippen molar-refractivity contribution in [2.24, 2.45) is 0 Å². The normalized spacial score (nSPS) is 21.4. The fourth-order valence-corrected chi connectivity index (χ4v) is 10.6. The van der Waals surface area contributed by atoms with Crippen molar-refractivity contribution in [1.29, 1.82) is 5.26 Å². The number of phosphoric ester groups is 1. The topological polar surface area (TPSA) is 162 Å². The Labute approximate surface area is 395 Å². The number of nitriles is 1. The molecule has 2 aliphatic heterocycles. The van der Waals surface area contributed by atoms with E-state index in [0.717, 1.165) is 25.7 Å². The predicted molar refractivity (Wildman–Crippen MR) is 254 cm³/mol. The molecule has 2 N–H and O–H groups in total. The number of hydrogen-bond acceptors (Lipinski definition) is 12. The van der Waals surface area contributed by atoms with Crippen molar-refractivity contribution in [3.8, 4) is 11.8 Å². The monoisotopic (exact) mass is 953 g/mol. The number of nitrogens with zero attached hydrogens (tertiary/aromatic N) is 4. The molecule has 362 valence electrons. The van der Waals surface area contributed by atoms with Crippen molar-refractivity contribution in [1.82, 2.24) is 14.6 Å². The standard InChI is InChI=1S/C50H70ClFN5O8P/c1-5-6-7-8-9-10-11-12-13-14-15-16-17-18-19-20-21-24-41(59-33-39-29-38(32-53)30-40(52)31-39)34-61-66(58,64-44-26-23-22-25-42(44)51)62-35-49(4)47-50(36-60-49,65-48(2,3)63-47)45-28-27-43-46(54)55-37-56-57(43)45/h22-23,25-31,37,41,47H,5-21,24,33-36H2,1-4H3,(H2,54,55,56)/t41-,47-,49-,50+,66?/m1/s1. The first-order chi connectivity index (χ1) is 31.8. The number of benzene rings is 2. The molecule has 0 spiro atoms. The van der Waals surface area contributed by atoms with Crippen LogP contribution in [-0.4, -0.2) is 58.0 Å². The lowest BCUT2D eigenvalue weighted by Gasteiger charge is -2.32. The summed E-state index contributed by atoms with van der Waals surface area (Å²) in [5.74, 6) is -1.17. The number of unbranched alkanes of at least 4 members (excludes halogenated alkanes) is 16. The molecular formula is C50H70ClFN5O8P. The summed E-state index contributed by atoms with van der Waals surface area (Å²) in [6.45, 7) is 7.25. The summed E-state index contributed by atoms with van der Waals surface area (Å²) in [7, 11) is -4.49. The molecule has 66 heavy (non-hydrogen) atoms.